The number of anilines is 1. The van der Waals surface area contributed by atoms with Crippen LogP contribution in [0.5, 0.6) is 11.5 Å². The molecule has 0 aromatic heterocycles. The van der Waals surface area contributed by atoms with Crippen molar-refractivity contribution in [3.05, 3.63) is 95.6 Å². The molecule has 0 saturated carbocycles. The van der Waals surface area contributed by atoms with Crippen molar-refractivity contribution < 1.29 is 14.3 Å². The highest BCUT2D eigenvalue weighted by Gasteiger charge is 2.32. The van der Waals surface area contributed by atoms with Gasteiger partial charge in [0, 0.05) is 5.56 Å². The second-order valence-electron chi connectivity index (χ2n) is 6.46. The molecule has 0 spiro atoms. The number of rotatable bonds is 5. The third-order valence-corrected chi connectivity index (χ3v) is 4.67. The predicted molar refractivity (Wildman–Crippen MR) is 114 cm³/mol. The zero-order valence-electron chi connectivity index (χ0n) is 16.2. The van der Waals surface area contributed by atoms with Gasteiger partial charge in [0.1, 0.15) is 17.2 Å². The van der Waals surface area contributed by atoms with Crippen molar-refractivity contribution in [1.82, 2.24) is 0 Å². The van der Waals surface area contributed by atoms with Gasteiger partial charge in [-0.2, -0.15) is 10.1 Å². The van der Waals surface area contributed by atoms with Crippen LogP contribution in [0.15, 0.2) is 89.5 Å². The maximum Gasteiger partial charge on any atom is 0.281 e. The van der Waals surface area contributed by atoms with Crippen LogP contribution in [-0.2, 0) is 4.79 Å². The molecule has 0 bridgehead atoms. The van der Waals surface area contributed by atoms with Gasteiger partial charge in [-0.05, 0) is 60.2 Å². The number of carbonyl (C=O) groups excluding carboxylic acids is 1. The molecule has 1 aliphatic rings. The normalized spacial score (nSPS) is 14.8. The Labute approximate surface area is 169 Å². The molecule has 5 nitrogen and oxygen atoms in total. The number of ether oxygens (including phenoxy) is 2. The molecule has 29 heavy (non-hydrogen) atoms. The van der Waals surface area contributed by atoms with Crippen molar-refractivity contribution in [2.75, 3.05) is 19.2 Å². The summed E-state index contributed by atoms with van der Waals surface area (Å²) in [5.74, 6) is 1.34. The van der Waals surface area contributed by atoms with E-state index in [1.54, 1.807) is 14.2 Å². The first-order chi connectivity index (χ1) is 14.2. The van der Waals surface area contributed by atoms with Crippen LogP contribution in [0.1, 0.15) is 11.1 Å². The van der Waals surface area contributed by atoms with Gasteiger partial charge in [0.2, 0.25) is 0 Å². The number of para-hydroxylation sites is 1. The third kappa shape index (κ3) is 3.75. The topological polar surface area (TPSA) is 51.1 Å². The Balaban J connectivity index is 1.78. The van der Waals surface area contributed by atoms with Crippen LogP contribution >= 0.6 is 0 Å². The Kier molecular flexibility index (Phi) is 5.12. The van der Waals surface area contributed by atoms with E-state index in [1.165, 1.54) is 5.01 Å². The van der Waals surface area contributed by atoms with Gasteiger partial charge in [0.05, 0.1) is 25.5 Å². The molecular formula is C24H20N2O3. The minimum atomic E-state index is -0.169. The Bertz CT molecular complexity index is 1070. The van der Waals surface area contributed by atoms with Crippen LogP contribution in [0, 0.1) is 0 Å². The average molecular weight is 384 g/mol. The molecule has 1 aliphatic heterocycles. The number of hydrazone groups is 1. The molecule has 0 atom stereocenters. The molecule has 144 valence electrons. The van der Waals surface area contributed by atoms with E-state index in [2.05, 4.69) is 5.10 Å². The molecule has 4 rings (SSSR count). The van der Waals surface area contributed by atoms with E-state index < -0.39 is 0 Å². The quantitative estimate of drug-likeness (QED) is 0.607. The van der Waals surface area contributed by atoms with E-state index in [0.717, 1.165) is 28.3 Å². The van der Waals surface area contributed by atoms with Crippen LogP contribution in [0.4, 0.5) is 5.69 Å². The van der Waals surface area contributed by atoms with Crippen LogP contribution in [0.2, 0.25) is 0 Å². The first-order valence-corrected chi connectivity index (χ1v) is 9.18. The van der Waals surface area contributed by atoms with E-state index in [-0.39, 0.29) is 5.91 Å². The maximum absolute atomic E-state index is 13.2. The lowest BCUT2D eigenvalue weighted by molar-refractivity contribution is -0.114. The van der Waals surface area contributed by atoms with Crippen LogP contribution < -0.4 is 14.5 Å². The Morgan fingerprint density at radius 3 is 1.97 bits per heavy atom. The highest BCUT2D eigenvalue weighted by Crippen LogP contribution is 2.28. The van der Waals surface area contributed by atoms with Gasteiger partial charge < -0.3 is 9.47 Å². The molecule has 5 heteroatoms. The molecule has 3 aromatic carbocycles. The van der Waals surface area contributed by atoms with Crippen molar-refractivity contribution >= 4 is 23.4 Å². The smallest absolute Gasteiger partial charge is 0.281 e. The zero-order chi connectivity index (χ0) is 20.2. The summed E-state index contributed by atoms with van der Waals surface area (Å²) in [6, 6.07) is 24.5. The molecule has 3 aromatic rings. The number of benzene rings is 3. The Hall–Kier alpha value is -3.86. The zero-order valence-corrected chi connectivity index (χ0v) is 16.2. The molecule has 0 N–H and O–H groups in total. The Morgan fingerprint density at radius 1 is 0.793 bits per heavy atom. The number of carbonyl (C=O) groups is 1. The summed E-state index contributed by atoms with van der Waals surface area (Å²) in [6.07, 6.45) is 1.85. The van der Waals surface area contributed by atoms with Crippen LogP contribution in [-0.4, -0.2) is 25.8 Å². The first kappa shape index (κ1) is 18.5. The largest absolute Gasteiger partial charge is 0.497 e. The van der Waals surface area contributed by atoms with Gasteiger partial charge in [-0.1, -0.05) is 30.3 Å². The first-order valence-electron chi connectivity index (χ1n) is 9.18. The van der Waals surface area contributed by atoms with Crippen molar-refractivity contribution in [3.8, 4) is 11.5 Å². The second kappa shape index (κ2) is 8.02. The molecule has 0 aliphatic carbocycles. The van der Waals surface area contributed by atoms with E-state index >= 15 is 0 Å². The number of hydrogen-bond acceptors (Lipinski definition) is 4. The van der Waals surface area contributed by atoms with E-state index in [9.17, 15) is 4.79 Å². The van der Waals surface area contributed by atoms with Gasteiger partial charge in [-0.25, -0.2) is 0 Å². The fraction of sp³-hybridized carbons (Fsp3) is 0.0833. The van der Waals surface area contributed by atoms with E-state index in [0.29, 0.717) is 11.3 Å². The SMILES string of the molecule is COc1ccc(/C=C2\C(=O)N(c3ccccc3)N=C2c2ccc(OC)cc2)cc1. The van der Waals surface area contributed by atoms with Crippen LogP contribution in [0.25, 0.3) is 6.08 Å². The summed E-state index contributed by atoms with van der Waals surface area (Å²) < 4.78 is 10.5. The summed E-state index contributed by atoms with van der Waals surface area (Å²) in [6.45, 7) is 0. The summed E-state index contributed by atoms with van der Waals surface area (Å²) in [4.78, 5) is 13.2. The van der Waals surface area contributed by atoms with Gasteiger partial charge >= 0.3 is 0 Å². The monoisotopic (exact) mass is 384 g/mol. The summed E-state index contributed by atoms with van der Waals surface area (Å²) >= 11 is 0. The third-order valence-electron chi connectivity index (χ3n) is 4.67. The standard InChI is InChI=1S/C24H20N2O3/c1-28-20-12-8-17(9-13-20)16-22-23(18-10-14-21(29-2)15-11-18)25-26(24(22)27)19-6-4-3-5-7-19/h3-16H,1-2H3/b22-16-. The Morgan fingerprint density at radius 2 is 1.38 bits per heavy atom. The van der Waals surface area contributed by atoms with E-state index in [4.69, 9.17) is 9.47 Å². The predicted octanol–water partition coefficient (Wildman–Crippen LogP) is 4.54. The lowest BCUT2D eigenvalue weighted by Crippen LogP contribution is -2.21. The number of hydrogen-bond donors (Lipinski definition) is 0. The summed E-state index contributed by atoms with van der Waals surface area (Å²) in [7, 11) is 3.25. The second-order valence-corrected chi connectivity index (χ2v) is 6.46. The number of nitrogens with zero attached hydrogens (tertiary/aromatic N) is 2. The molecule has 1 amide bonds. The van der Waals surface area contributed by atoms with Gasteiger partial charge in [-0.3, -0.25) is 4.79 Å². The molecule has 0 fully saturated rings. The molecule has 0 saturated heterocycles. The van der Waals surface area contributed by atoms with Crippen LogP contribution in [0.3, 0.4) is 0 Å². The highest BCUT2D eigenvalue weighted by molar-refractivity contribution is 6.37. The lowest BCUT2D eigenvalue weighted by Gasteiger charge is -2.10. The molecule has 1 heterocycles. The summed E-state index contributed by atoms with van der Waals surface area (Å²) in [5, 5.41) is 6.08. The maximum atomic E-state index is 13.2. The summed E-state index contributed by atoms with van der Waals surface area (Å²) in [5.41, 5.74) is 3.62. The van der Waals surface area contributed by atoms with Crippen molar-refractivity contribution in [3.63, 3.8) is 0 Å². The average Bonchev–Trinajstić information content (AvgIpc) is 3.11. The van der Waals surface area contributed by atoms with Crippen molar-refractivity contribution in [2.24, 2.45) is 5.10 Å². The number of methoxy groups -OCH3 is 2. The fourth-order valence-corrected chi connectivity index (χ4v) is 3.12. The minimum absolute atomic E-state index is 0.169. The highest BCUT2D eigenvalue weighted by atomic mass is 16.5. The van der Waals surface area contributed by atoms with Crippen molar-refractivity contribution in [1.29, 1.82) is 0 Å². The van der Waals surface area contributed by atoms with Gasteiger partial charge in [0.15, 0.2) is 0 Å². The van der Waals surface area contributed by atoms with Gasteiger partial charge in [0.25, 0.3) is 5.91 Å². The van der Waals surface area contributed by atoms with E-state index in [1.807, 2.05) is 84.9 Å². The lowest BCUT2D eigenvalue weighted by atomic mass is 10.00. The van der Waals surface area contributed by atoms with Crippen molar-refractivity contribution in [2.45, 2.75) is 0 Å². The fourth-order valence-electron chi connectivity index (χ4n) is 3.12. The minimum Gasteiger partial charge on any atom is -0.497 e. The van der Waals surface area contributed by atoms with Gasteiger partial charge in [-0.15, -0.1) is 0 Å². The molecular weight excluding hydrogens is 364 g/mol. The number of amides is 1. The molecule has 0 unspecified atom stereocenters. The molecule has 0 radical (unpaired) electrons.